The van der Waals surface area contributed by atoms with Crippen LogP contribution in [0.3, 0.4) is 0 Å². The molecule has 44 valence electrons. The fraction of sp³-hybridized carbons (Fsp3) is 0. The van der Waals surface area contributed by atoms with Crippen molar-refractivity contribution in [1.29, 1.82) is 0 Å². The van der Waals surface area contributed by atoms with Crippen LogP contribution in [0.1, 0.15) is 0 Å². The molecule has 0 heterocycles. The minimum atomic E-state index is -5.94. The van der Waals surface area contributed by atoms with Gasteiger partial charge in [0.25, 0.3) is 0 Å². The Morgan fingerprint density at radius 3 is 1.00 bits per heavy atom. The molecule has 0 saturated carbocycles. The zero-order valence-electron chi connectivity index (χ0n) is 4.13. The maximum atomic E-state index is 8.62. The van der Waals surface area contributed by atoms with Gasteiger partial charge in [0.05, 0.1) is 0 Å². The third kappa shape index (κ3) is 183. The molecule has 8 heavy (non-hydrogen) atoms. The van der Waals surface area contributed by atoms with Crippen LogP contribution in [0, 0.1) is 0 Å². The summed E-state index contributed by atoms with van der Waals surface area (Å²) in [6, 6.07) is 0. The van der Waals surface area contributed by atoms with E-state index in [9.17, 15) is 0 Å². The van der Waals surface area contributed by atoms with Gasteiger partial charge >= 0.3 is 29.6 Å². The van der Waals surface area contributed by atoms with E-state index >= 15 is 0 Å². The van der Waals surface area contributed by atoms with Crippen molar-refractivity contribution in [3.63, 3.8) is 0 Å². The summed E-state index contributed by atoms with van der Waals surface area (Å²) >= 11 is -5.94. The number of halogens is 1. The first-order chi connectivity index (χ1) is 3.00. The molecule has 5 nitrogen and oxygen atoms in total. The molecule has 0 saturated heterocycles. The third-order valence-electron chi connectivity index (χ3n) is 0. The van der Waals surface area contributed by atoms with Crippen LogP contribution in [0.5, 0.6) is 0 Å². The molecule has 0 aromatic carbocycles. The summed E-state index contributed by atoms with van der Waals surface area (Å²) in [6.07, 6.45) is 0. The van der Waals surface area contributed by atoms with Crippen LogP contribution >= 0.6 is 0 Å². The summed E-state index contributed by atoms with van der Waals surface area (Å²) < 4.78 is 34.5. The van der Waals surface area contributed by atoms with Gasteiger partial charge in [0.15, 0.2) is 0 Å². The van der Waals surface area contributed by atoms with Crippen molar-refractivity contribution in [1.82, 2.24) is 0 Å². The molecule has 0 atom stereocenters. The number of hydrogen-bond acceptors (Lipinski definition) is 5. The van der Waals surface area contributed by atoms with Crippen LogP contribution in [0.4, 0.5) is 0 Å². The zero-order valence-corrected chi connectivity index (χ0v) is 8.28. The van der Waals surface area contributed by atoms with Gasteiger partial charge in [-0.3, -0.25) is 13.7 Å². The van der Waals surface area contributed by atoms with Crippen molar-refractivity contribution < 1.29 is 68.2 Å². The van der Waals surface area contributed by atoms with E-state index < -0.39 is 20.1 Å². The van der Waals surface area contributed by atoms with Crippen LogP contribution in [0.2, 0.25) is 0 Å². The van der Waals surface area contributed by atoms with Crippen molar-refractivity contribution in [2.45, 2.75) is 0 Å². The molecule has 0 radical (unpaired) electrons. The van der Waals surface area contributed by atoms with Gasteiger partial charge < -0.3 is 4.79 Å². The predicted octanol–water partition coefficient (Wildman–Crippen LogP) is -10.9. The van der Waals surface area contributed by atoms with Gasteiger partial charge in [0, 0.05) is 0 Å². The van der Waals surface area contributed by atoms with Crippen LogP contribution in [-0.4, -0.2) is 6.79 Å². The summed E-state index contributed by atoms with van der Waals surface area (Å²) in [5.74, 6) is 0. The van der Waals surface area contributed by atoms with Gasteiger partial charge in [0.2, 0.25) is 0 Å². The summed E-state index contributed by atoms with van der Waals surface area (Å²) in [7, 11) is 0. The van der Waals surface area contributed by atoms with E-state index in [1.165, 1.54) is 0 Å². The molecule has 0 aliphatic rings. The second kappa shape index (κ2) is 8.24. The molecule has 0 N–H and O–H groups in total. The first-order valence-electron chi connectivity index (χ1n) is 0.906. The third-order valence-corrected chi connectivity index (χ3v) is 0. The zero-order chi connectivity index (χ0) is 6.50. The maximum Gasteiger partial charge on any atom is 1.00 e. The van der Waals surface area contributed by atoms with Crippen molar-refractivity contribution in [2.75, 3.05) is 0 Å². The molecule has 0 fully saturated rings. The second-order valence-electron chi connectivity index (χ2n) is 0.378. The first kappa shape index (κ1) is 16.1. The van der Waals surface area contributed by atoms with Crippen LogP contribution in [-0.2, 0) is 4.79 Å². The quantitative estimate of drug-likeness (QED) is 0.310. The smallest absolute Gasteiger partial charge is 0.307 e. The van der Waals surface area contributed by atoms with E-state index in [-0.39, 0.29) is 29.6 Å². The number of hydrogen-bond donors (Lipinski definition) is 0. The van der Waals surface area contributed by atoms with Crippen LogP contribution in [0.15, 0.2) is 0 Å². The molecule has 0 aliphatic heterocycles. The van der Waals surface area contributed by atoms with E-state index in [1.54, 1.807) is 0 Å². The summed E-state index contributed by atoms with van der Waals surface area (Å²) in [4.78, 5) is 8.00. The molecule has 0 amide bonds. The monoisotopic (exact) mass is 244 g/mol. The van der Waals surface area contributed by atoms with Crippen LogP contribution < -0.4 is 63.4 Å². The maximum absolute atomic E-state index is 8.62. The molecule has 0 unspecified atom stereocenters. The SMILES string of the molecule is C=O.[Na+].[O-][I+3]([O-])([O-])[O-]. The summed E-state index contributed by atoms with van der Waals surface area (Å²) in [5, 5.41) is 0. The normalized spacial score (nSPS) is 8.00. The van der Waals surface area contributed by atoms with Gasteiger partial charge in [-0.05, 0) is 0 Å². The molecule has 0 bridgehead atoms. The van der Waals surface area contributed by atoms with Gasteiger partial charge in [-0.1, -0.05) is 0 Å². The Bertz CT molecular complexity index is 36.2. The van der Waals surface area contributed by atoms with Crippen molar-refractivity contribution in [3.05, 3.63) is 0 Å². The molecule has 0 aromatic rings. The van der Waals surface area contributed by atoms with Crippen LogP contribution in [0.25, 0.3) is 0 Å². The fourth-order valence-corrected chi connectivity index (χ4v) is 0. The summed E-state index contributed by atoms with van der Waals surface area (Å²) in [6.45, 7) is 2.00. The van der Waals surface area contributed by atoms with E-state index in [0.29, 0.717) is 0 Å². The Labute approximate surface area is 74.3 Å². The minimum absolute atomic E-state index is 0. The van der Waals surface area contributed by atoms with E-state index in [2.05, 4.69) is 0 Å². The fourth-order valence-electron chi connectivity index (χ4n) is 0. The Morgan fingerprint density at radius 2 is 1.00 bits per heavy atom. The number of carbonyl (C=O) groups is 1. The molecular formula is CH2INaO5. The molecule has 7 heteroatoms. The Morgan fingerprint density at radius 1 is 1.00 bits per heavy atom. The second-order valence-corrected chi connectivity index (χ2v) is 2.54. The van der Waals surface area contributed by atoms with E-state index in [4.69, 9.17) is 18.5 Å². The molecule has 0 rings (SSSR count). The number of rotatable bonds is 0. The average molecular weight is 244 g/mol. The van der Waals surface area contributed by atoms with E-state index in [0.717, 1.165) is 0 Å². The molecule has 0 aliphatic carbocycles. The van der Waals surface area contributed by atoms with Gasteiger partial charge in [0.1, 0.15) is 26.9 Å². The summed E-state index contributed by atoms with van der Waals surface area (Å²) in [5.41, 5.74) is 0. The molecule has 0 aromatic heterocycles. The van der Waals surface area contributed by atoms with Gasteiger partial charge in [-0.25, -0.2) is 0 Å². The van der Waals surface area contributed by atoms with E-state index in [1.807, 2.05) is 6.79 Å². The number of carbonyl (C=O) groups excluding carboxylic acids is 1. The Balaban J connectivity index is -0.0000000750. The van der Waals surface area contributed by atoms with Gasteiger partial charge in [-0.15, -0.1) is 0 Å². The van der Waals surface area contributed by atoms with Crippen molar-refractivity contribution in [2.24, 2.45) is 0 Å². The first-order valence-corrected chi connectivity index (χ1v) is 4.43. The largest absolute Gasteiger partial charge is 1.00 e. The topological polar surface area (TPSA) is 109 Å². The predicted molar refractivity (Wildman–Crippen MR) is 7.12 cm³/mol. The Hall–Kier alpha value is 1.24. The van der Waals surface area contributed by atoms with Crippen molar-refractivity contribution in [3.8, 4) is 0 Å². The minimum Gasteiger partial charge on any atom is -0.307 e. The van der Waals surface area contributed by atoms with Crippen molar-refractivity contribution >= 4 is 6.79 Å². The standard InChI is InChI=1S/CH2O.IO4.Na/c1-2;2-1(3,4)5;/h1H2;;/q;-1;+1. The molecular weight excluding hydrogens is 242 g/mol. The molecule has 0 spiro atoms. The van der Waals surface area contributed by atoms with Gasteiger partial charge in [-0.2, -0.15) is 0 Å². The Kier molecular flexibility index (Phi) is 16.6. The average Bonchev–Trinajstić information content (AvgIpc) is 1.36.